The third-order valence-electron chi connectivity index (χ3n) is 6.97. The molecule has 1 saturated carbocycles. The molecule has 0 atom stereocenters. The molecule has 3 heterocycles. The number of nitrogens with one attached hydrogen (secondary N) is 2. The van der Waals surface area contributed by atoms with Gasteiger partial charge in [0.2, 0.25) is 0 Å². The van der Waals surface area contributed by atoms with Gasteiger partial charge in [-0.15, -0.1) is 0 Å². The summed E-state index contributed by atoms with van der Waals surface area (Å²) in [6.45, 7) is 3.34. The lowest BCUT2D eigenvalue weighted by Gasteiger charge is -2.20. The van der Waals surface area contributed by atoms with Crippen LogP contribution in [0.4, 0.5) is 17.6 Å². The first-order chi connectivity index (χ1) is 18.2. The number of fused-ring (bicyclic) bond motifs is 1. The molecule has 8 nitrogen and oxygen atoms in total. The molecular weight excluding hydrogens is 520 g/mol. The summed E-state index contributed by atoms with van der Waals surface area (Å²) in [4.78, 5) is 41.0. The van der Waals surface area contributed by atoms with Gasteiger partial charge in [-0.2, -0.15) is 13.2 Å². The van der Waals surface area contributed by atoms with Gasteiger partial charge in [0.05, 0.1) is 6.20 Å². The quantitative estimate of drug-likeness (QED) is 0.359. The van der Waals surface area contributed by atoms with Crippen molar-refractivity contribution in [1.29, 1.82) is 0 Å². The third-order valence-corrected chi connectivity index (χ3v) is 6.97. The van der Waals surface area contributed by atoms with Crippen LogP contribution in [0.1, 0.15) is 34.5 Å². The topological polar surface area (TPSA) is 98.1 Å². The second-order valence-corrected chi connectivity index (χ2v) is 9.94. The van der Waals surface area contributed by atoms with E-state index in [1.807, 2.05) is 5.32 Å². The van der Waals surface area contributed by atoms with E-state index in [1.165, 1.54) is 59.9 Å². The SMILES string of the molecule is Cc1cc(F)cc(C)c1Oc1cn(C)c(=O)cc1-c1cn(C)c(=O)c2[nH]c(C(=O)NC3(C(F)(F)F)CC3)cc12. The Balaban J connectivity index is 1.66. The smallest absolute Gasteiger partial charge is 0.411 e. The maximum atomic E-state index is 13.9. The van der Waals surface area contributed by atoms with Gasteiger partial charge in [0.25, 0.3) is 17.0 Å². The van der Waals surface area contributed by atoms with Gasteiger partial charge in [-0.1, -0.05) is 0 Å². The molecule has 0 radical (unpaired) electrons. The Kier molecular flexibility index (Phi) is 5.96. The molecule has 1 aliphatic rings. The highest BCUT2D eigenvalue weighted by Crippen LogP contribution is 2.49. The summed E-state index contributed by atoms with van der Waals surface area (Å²) in [7, 11) is 2.98. The lowest BCUT2D eigenvalue weighted by Crippen LogP contribution is -2.47. The van der Waals surface area contributed by atoms with Gasteiger partial charge < -0.3 is 24.2 Å². The summed E-state index contributed by atoms with van der Waals surface area (Å²) in [5, 5.41) is 2.26. The maximum absolute atomic E-state index is 13.9. The van der Waals surface area contributed by atoms with E-state index in [4.69, 9.17) is 4.74 Å². The number of aromatic amines is 1. The molecule has 1 fully saturated rings. The Morgan fingerprint density at radius 3 is 2.23 bits per heavy atom. The molecule has 0 saturated heterocycles. The number of hydrogen-bond donors (Lipinski definition) is 2. The maximum Gasteiger partial charge on any atom is 0.411 e. The van der Waals surface area contributed by atoms with Crippen LogP contribution in [0.5, 0.6) is 11.5 Å². The lowest BCUT2D eigenvalue weighted by atomic mass is 10.0. The molecule has 1 aliphatic carbocycles. The summed E-state index contributed by atoms with van der Waals surface area (Å²) in [6.07, 6.45) is -2.18. The molecule has 204 valence electrons. The van der Waals surface area contributed by atoms with Crippen LogP contribution in [0.25, 0.3) is 22.0 Å². The summed E-state index contributed by atoms with van der Waals surface area (Å²) in [6, 6.07) is 5.18. The van der Waals surface area contributed by atoms with Crippen LogP contribution in [-0.4, -0.2) is 31.7 Å². The predicted octanol–water partition coefficient (Wildman–Crippen LogP) is 4.61. The fourth-order valence-electron chi connectivity index (χ4n) is 4.63. The molecule has 0 spiro atoms. The Hall–Kier alpha value is -4.35. The van der Waals surface area contributed by atoms with E-state index in [9.17, 15) is 31.9 Å². The van der Waals surface area contributed by atoms with Crippen LogP contribution in [0.3, 0.4) is 0 Å². The second kappa shape index (κ2) is 8.85. The van der Waals surface area contributed by atoms with Crippen LogP contribution in [0.2, 0.25) is 0 Å². The normalized spacial score (nSPS) is 14.5. The van der Waals surface area contributed by atoms with Crippen molar-refractivity contribution in [3.05, 3.63) is 80.0 Å². The second-order valence-electron chi connectivity index (χ2n) is 9.94. The first kappa shape index (κ1) is 26.3. The van der Waals surface area contributed by atoms with Gasteiger partial charge in [-0.3, -0.25) is 14.4 Å². The Labute approximate surface area is 218 Å². The van der Waals surface area contributed by atoms with Crippen molar-refractivity contribution < 1.29 is 27.1 Å². The average Bonchev–Trinajstić information content (AvgIpc) is 3.49. The van der Waals surface area contributed by atoms with E-state index in [2.05, 4.69) is 4.98 Å². The highest BCUT2D eigenvalue weighted by molar-refractivity contribution is 6.03. The Morgan fingerprint density at radius 1 is 1.00 bits per heavy atom. The van der Waals surface area contributed by atoms with Crippen molar-refractivity contribution in [2.45, 2.75) is 38.4 Å². The predicted molar refractivity (Wildman–Crippen MR) is 136 cm³/mol. The summed E-state index contributed by atoms with van der Waals surface area (Å²) in [5.41, 5.74) is -1.87. The van der Waals surface area contributed by atoms with Crippen LogP contribution in [-0.2, 0) is 14.1 Å². The Bertz CT molecular complexity index is 1750. The van der Waals surface area contributed by atoms with Crippen LogP contribution in [0.15, 0.2) is 46.2 Å². The van der Waals surface area contributed by atoms with E-state index in [1.54, 1.807) is 13.8 Å². The van der Waals surface area contributed by atoms with Gasteiger partial charge in [-0.25, -0.2) is 4.39 Å². The summed E-state index contributed by atoms with van der Waals surface area (Å²) in [5.74, 6) is -0.870. The standard InChI is InChI=1S/C27H24F4N4O4/c1-13-7-15(28)8-14(2)23(13)39-20-12-34(3)21(36)10-16(20)18-11-35(4)25(38)22-17(18)9-19(32-22)24(37)33-26(5-6-26)27(29,30)31/h7-12,32H,5-6H2,1-4H3,(H,33,37). The van der Waals surface area contributed by atoms with Crippen LogP contribution in [0, 0.1) is 19.7 Å². The van der Waals surface area contributed by atoms with E-state index < -0.39 is 34.6 Å². The fourth-order valence-corrected chi connectivity index (χ4v) is 4.63. The molecule has 4 aromatic rings. The molecular formula is C27H24F4N4O4. The Morgan fingerprint density at radius 2 is 1.64 bits per heavy atom. The molecule has 5 rings (SSSR count). The van der Waals surface area contributed by atoms with Gasteiger partial charge in [0, 0.05) is 42.9 Å². The molecule has 1 amide bonds. The van der Waals surface area contributed by atoms with Gasteiger partial charge in [0.15, 0.2) is 5.75 Å². The zero-order chi connectivity index (χ0) is 28.4. The van der Waals surface area contributed by atoms with Gasteiger partial charge in [0.1, 0.15) is 28.3 Å². The molecule has 0 bridgehead atoms. The van der Waals surface area contributed by atoms with Crippen molar-refractivity contribution in [2.75, 3.05) is 0 Å². The van der Waals surface area contributed by atoms with E-state index in [0.717, 1.165) is 0 Å². The van der Waals surface area contributed by atoms with Crippen molar-refractivity contribution in [3.8, 4) is 22.6 Å². The first-order valence-corrected chi connectivity index (χ1v) is 12.0. The molecule has 0 aliphatic heterocycles. The number of pyridine rings is 2. The summed E-state index contributed by atoms with van der Waals surface area (Å²) < 4.78 is 62.8. The molecule has 12 heteroatoms. The number of halogens is 4. The van der Waals surface area contributed by atoms with Crippen molar-refractivity contribution in [2.24, 2.45) is 14.1 Å². The third kappa shape index (κ3) is 4.49. The zero-order valence-electron chi connectivity index (χ0n) is 21.4. The monoisotopic (exact) mass is 544 g/mol. The number of hydrogen-bond acceptors (Lipinski definition) is 4. The molecule has 39 heavy (non-hydrogen) atoms. The van der Waals surface area contributed by atoms with Crippen LogP contribution >= 0.6 is 0 Å². The number of aromatic nitrogens is 3. The number of amides is 1. The molecule has 1 aromatic carbocycles. The summed E-state index contributed by atoms with van der Waals surface area (Å²) >= 11 is 0. The molecule has 3 aromatic heterocycles. The minimum absolute atomic E-state index is 0.0298. The van der Waals surface area contributed by atoms with Gasteiger partial charge >= 0.3 is 6.18 Å². The largest absolute Gasteiger partial charge is 0.455 e. The van der Waals surface area contributed by atoms with E-state index in [0.29, 0.717) is 22.4 Å². The fraction of sp³-hybridized carbons (Fsp3) is 0.296. The number of rotatable bonds is 5. The number of benzene rings is 1. The highest BCUT2D eigenvalue weighted by atomic mass is 19.4. The number of nitrogens with zero attached hydrogens (tertiary/aromatic N) is 2. The van der Waals surface area contributed by atoms with Gasteiger partial charge in [-0.05, 0) is 56.0 Å². The van der Waals surface area contributed by atoms with Crippen molar-refractivity contribution in [3.63, 3.8) is 0 Å². The van der Waals surface area contributed by atoms with Crippen LogP contribution < -0.4 is 21.2 Å². The van der Waals surface area contributed by atoms with E-state index >= 15 is 0 Å². The molecule has 0 unspecified atom stereocenters. The first-order valence-electron chi connectivity index (χ1n) is 12.0. The van der Waals surface area contributed by atoms with E-state index in [-0.39, 0.29) is 40.8 Å². The molecule has 2 N–H and O–H groups in total. The van der Waals surface area contributed by atoms with Crippen molar-refractivity contribution >= 4 is 16.8 Å². The zero-order valence-corrected chi connectivity index (χ0v) is 21.4. The number of alkyl halides is 3. The highest BCUT2D eigenvalue weighted by Gasteiger charge is 2.64. The minimum Gasteiger partial charge on any atom is -0.455 e. The average molecular weight is 545 g/mol. The lowest BCUT2D eigenvalue weighted by molar-refractivity contribution is -0.163. The minimum atomic E-state index is -4.61. The van der Waals surface area contributed by atoms with Crippen molar-refractivity contribution in [1.82, 2.24) is 19.4 Å². The number of carbonyl (C=O) groups excluding carboxylic acids is 1. The number of ether oxygens (including phenoxy) is 1. The number of aryl methyl sites for hydroxylation is 4. The number of H-pyrrole nitrogens is 1. The number of carbonyl (C=O) groups is 1.